The van der Waals surface area contributed by atoms with E-state index in [0.717, 1.165) is 0 Å². The van der Waals surface area contributed by atoms with E-state index < -0.39 is 18.0 Å². The third-order valence-corrected chi connectivity index (χ3v) is 5.45. The lowest BCUT2D eigenvalue weighted by Crippen LogP contribution is -2.43. The molecule has 1 saturated heterocycles. The molecule has 0 spiro atoms. The van der Waals surface area contributed by atoms with Gasteiger partial charge in [-0.2, -0.15) is 0 Å². The second-order valence-corrected chi connectivity index (χ2v) is 7.35. The van der Waals surface area contributed by atoms with Gasteiger partial charge < -0.3 is 19.7 Å². The van der Waals surface area contributed by atoms with Crippen molar-refractivity contribution in [3.8, 4) is 0 Å². The average molecular weight is 416 g/mol. The minimum Gasteiger partial charge on any atom is -0.465 e. The fourth-order valence-electron chi connectivity index (χ4n) is 3.22. The molecular weight excluding hydrogens is 396 g/mol. The molecule has 1 aliphatic heterocycles. The van der Waals surface area contributed by atoms with Crippen molar-refractivity contribution in [3.05, 3.63) is 51.7 Å². The van der Waals surface area contributed by atoms with Gasteiger partial charge in [-0.1, -0.05) is 6.07 Å². The minimum atomic E-state index is -0.651. The number of esters is 2. The maximum atomic E-state index is 12.9. The summed E-state index contributed by atoms with van der Waals surface area (Å²) in [6, 6.07) is 7.04. The number of nitrogens with zero attached hydrogens (tertiary/aromatic N) is 1. The van der Waals surface area contributed by atoms with Crippen LogP contribution >= 0.6 is 11.3 Å². The predicted molar refractivity (Wildman–Crippen MR) is 106 cm³/mol. The Morgan fingerprint density at radius 2 is 1.72 bits per heavy atom. The van der Waals surface area contributed by atoms with Crippen molar-refractivity contribution in [2.24, 2.45) is 0 Å². The molecule has 2 aromatic rings. The highest BCUT2D eigenvalue weighted by Crippen LogP contribution is 2.24. The summed E-state index contributed by atoms with van der Waals surface area (Å²) in [5, 5.41) is 4.52. The van der Waals surface area contributed by atoms with Gasteiger partial charge >= 0.3 is 11.9 Å². The van der Waals surface area contributed by atoms with E-state index in [1.54, 1.807) is 17.0 Å². The summed E-state index contributed by atoms with van der Waals surface area (Å²) in [5.41, 5.74) is 0.445. The van der Waals surface area contributed by atoms with Gasteiger partial charge in [-0.05, 0) is 42.5 Å². The van der Waals surface area contributed by atoms with Gasteiger partial charge in [0, 0.05) is 12.2 Å². The van der Waals surface area contributed by atoms with Crippen LogP contribution in [-0.2, 0) is 14.3 Å². The topological polar surface area (TPSA) is 102 Å². The third kappa shape index (κ3) is 4.45. The molecule has 1 aliphatic rings. The summed E-state index contributed by atoms with van der Waals surface area (Å²) in [4.78, 5) is 51.5. The van der Waals surface area contributed by atoms with Crippen LogP contribution in [0.3, 0.4) is 0 Å². The van der Waals surface area contributed by atoms with E-state index in [-0.39, 0.29) is 28.6 Å². The third-order valence-electron chi connectivity index (χ3n) is 4.59. The normalized spacial score (nSPS) is 15.7. The Bertz CT molecular complexity index is 906. The van der Waals surface area contributed by atoms with Crippen molar-refractivity contribution in [1.29, 1.82) is 0 Å². The predicted octanol–water partition coefficient (Wildman–Crippen LogP) is 2.56. The molecule has 0 bridgehead atoms. The van der Waals surface area contributed by atoms with E-state index >= 15 is 0 Å². The Hall–Kier alpha value is -3.20. The Morgan fingerprint density at radius 3 is 2.28 bits per heavy atom. The fraction of sp³-hybridized carbons (Fsp3) is 0.300. The number of anilines is 1. The van der Waals surface area contributed by atoms with E-state index in [9.17, 15) is 19.2 Å². The fourth-order valence-corrected chi connectivity index (χ4v) is 3.90. The van der Waals surface area contributed by atoms with E-state index in [1.807, 2.05) is 5.38 Å². The summed E-state index contributed by atoms with van der Waals surface area (Å²) in [6.07, 6.45) is 1.24. The largest absolute Gasteiger partial charge is 0.465 e. The first-order chi connectivity index (χ1) is 13.9. The summed E-state index contributed by atoms with van der Waals surface area (Å²) >= 11 is 1.33. The average Bonchev–Trinajstić information content (AvgIpc) is 3.43. The molecule has 8 nitrogen and oxygen atoms in total. The number of ether oxygens (including phenoxy) is 2. The number of amides is 2. The summed E-state index contributed by atoms with van der Waals surface area (Å²) in [6.45, 7) is 0.491. The number of carbonyl (C=O) groups excluding carboxylic acids is 4. The summed E-state index contributed by atoms with van der Waals surface area (Å²) < 4.78 is 9.40. The molecule has 1 atom stereocenters. The van der Waals surface area contributed by atoms with Gasteiger partial charge in [0.2, 0.25) is 5.91 Å². The molecule has 2 amide bonds. The zero-order valence-electron chi connectivity index (χ0n) is 16.0. The summed E-state index contributed by atoms with van der Waals surface area (Å²) in [7, 11) is 2.44. The number of nitrogens with one attached hydrogen (secondary N) is 1. The molecule has 1 aromatic heterocycles. The number of hydrogen-bond acceptors (Lipinski definition) is 7. The molecule has 0 unspecified atom stereocenters. The quantitative estimate of drug-likeness (QED) is 0.752. The van der Waals surface area contributed by atoms with Gasteiger partial charge in [0.25, 0.3) is 5.91 Å². The molecule has 0 saturated carbocycles. The van der Waals surface area contributed by atoms with Gasteiger partial charge in [0.1, 0.15) is 6.04 Å². The lowest BCUT2D eigenvalue weighted by Gasteiger charge is -2.23. The number of rotatable bonds is 5. The number of hydrogen-bond donors (Lipinski definition) is 1. The standard InChI is InChI=1S/C20H20N2O6S/c1-27-19(25)12-9-13(20(26)28-2)11-14(10-12)21-17(23)15-5-3-7-22(15)18(24)16-6-4-8-29-16/h4,6,8-11,15H,3,5,7H2,1-2H3,(H,21,23)/t15-/m0/s1. The lowest BCUT2D eigenvalue weighted by molar-refractivity contribution is -0.119. The van der Waals surface area contributed by atoms with Crippen LogP contribution in [0.25, 0.3) is 0 Å². The van der Waals surface area contributed by atoms with Gasteiger partial charge in [-0.3, -0.25) is 9.59 Å². The van der Waals surface area contributed by atoms with Crippen LogP contribution in [0, 0.1) is 0 Å². The molecule has 1 N–H and O–H groups in total. The zero-order valence-corrected chi connectivity index (χ0v) is 16.8. The smallest absolute Gasteiger partial charge is 0.337 e. The highest BCUT2D eigenvalue weighted by atomic mass is 32.1. The second kappa shape index (κ2) is 8.87. The first-order valence-corrected chi connectivity index (χ1v) is 9.79. The zero-order chi connectivity index (χ0) is 21.0. The van der Waals surface area contributed by atoms with Crippen molar-refractivity contribution in [3.63, 3.8) is 0 Å². The van der Waals surface area contributed by atoms with Gasteiger partial charge in [0.15, 0.2) is 0 Å². The summed E-state index contributed by atoms with van der Waals surface area (Å²) in [5.74, 6) is -1.87. The molecule has 9 heteroatoms. The molecule has 0 radical (unpaired) electrons. The van der Waals surface area contributed by atoms with Crippen molar-refractivity contribution in [1.82, 2.24) is 4.90 Å². The molecule has 0 aliphatic carbocycles. The van der Waals surface area contributed by atoms with Crippen LogP contribution in [0.1, 0.15) is 43.2 Å². The molecule has 29 heavy (non-hydrogen) atoms. The number of thiophene rings is 1. The van der Waals surface area contributed by atoms with Crippen LogP contribution in [0.4, 0.5) is 5.69 Å². The Kier molecular flexibility index (Phi) is 6.28. The lowest BCUT2D eigenvalue weighted by atomic mass is 10.1. The highest BCUT2D eigenvalue weighted by Gasteiger charge is 2.35. The first-order valence-electron chi connectivity index (χ1n) is 8.91. The monoisotopic (exact) mass is 416 g/mol. The van der Waals surface area contributed by atoms with Crippen LogP contribution in [0.5, 0.6) is 0 Å². The molecule has 152 valence electrons. The van der Waals surface area contributed by atoms with E-state index in [4.69, 9.17) is 9.47 Å². The van der Waals surface area contributed by atoms with Gasteiger partial charge in [0.05, 0.1) is 30.2 Å². The molecule has 1 fully saturated rings. The Morgan fingerprint density at radius 1 is 1.07 bits per heavy atom. The molecule has 3 rings (SSSR count). The Labute approximate surface area is 171 Å². The van der Waals surface area contributed by atoms with E-state index in [0.29, 0.717) is 24.3 Å². The maximum Gasteiger partial charge on any atom is 0.337 e. The number of methoxy groups -OCH3 is 2. The van der Waals surface area contributed by atoms with Crippen molar-refractivity contribution < 1.29 is 28.7 Å². The number of carbonyl (C=O) groups is 4. The maximum absolute atomic E-state index is 12.9. The van der Waals surface area contributed by atoms with Gasteiger partial charge in [-0.25, -0.2) is 9.59 Å². The Balaban J connectivity index is 1.82. The number of benzene rings is 1. The van der Waals surface area contributed by atoms with Crippen LogP contribution in [0.15, 0.2) is 35.7 Å². The molecule has 2 heterocycles. The van der Waals surface area contributed by atoms with E-state index in [1.165, 1.54) is 43.8 Å². The molecular formula is C20H20N2O6S. The number of likely N-dealkylation sites (tertiary alicyclic amines) is 1. The van der Waals surface area contributed by atoms with Gasteiger partial charge in [-0.15, -0.1) is 11.3 Å². The van der Waals surface area contributed by atoms with Crippen LogP contribution in [-0.4, -0.2) is 55.5 Å². The first kappa shape index (κ1) is 20.5. The minimum absolute atomic E-state index is 0.101. The molecule has 1 aromatic carbocycles. The van der Waals surface area contributed by atoms with Crippen LogP contribution in [0.2, 0.25) is 0 Å². The SMILES string of the molecule is COC(=O)c1cc(NC(=O)[C@@H]2CCCN2C(=O)c2cccs2)cc(C(=O)OC)c1. The second-order valence-electron chi connectivity index (χ2n) is 6.41. The van der Waals surface area contributed by atoms with Crippen molar-refractivity contribution in [2.45, 2.75) is 18.9 Å². The van der Waals surface area contributed by atoms with Crippen molar-refractivity contribution in [2.75, 3.05) is 26.1 Å². The highest BCUT2D eigenvalue weighted by molar-refractivity contribution is 7.12. The van der Waals surface area contributed by atoms with E-state index in [2.05, 4.69) is 5.32 Å². The van der Waals surface area contributed by atoms with Crippen LogP contribution < -0.4 is 5.32 Å². The van der Waals surface area contributed by atoms with Crippen molar-refractivity contribution >= 4 is 40.8 Å².